The van der Waals surface area contributed by atoms with Crippen molar-refractivity contribution in [3.8, 4) is 5.75 Å². The SMILES string of the molecule is COc1cccc([C@@H](C)C(=O)NN)c1. The van der Waals surface area contributed by atoms with Crippen LogP contribution in [-0.2, 0) is 4.79 Å². The summed E-state index contributed by atoms with van der Waals surface area (Å²) in [5.41, 5.74) is 3.00. The maximum Gasteiger partial charge on any atom is 0.241 e. The summed E-state index contributed by atoms with van der Waals surface area (Å²) in [4.78, 5) is 11.2. The number of carbonyl (C=O) groups excluding carboxylic acids is 1. The van der Waals surface area contributed by atoms with Crippen LogP contribution >= 0.6 is 0 Å². The van der Waals surface area contributed by atoms with Crippen LogP contribution in [0.4, 0.5) is 0 Å². The van der Waals surface area contributed by atoms with Gasteiger partial charge in [-0.2, -0.15) is 0 Å². The third-order valence-corrected chi connectivity index (χ3v) is 2.13. The van der Waals surface area contributed by atoms with Crippen LogP contribution in [0.2, 0.25) is 0 Å². The fourth-order valence-corrected chi connectivity index (χ4v) is 1.19. The first-order valence-electron chi connectivity index (χ1n) is 4.33. The minimum absolute atomic E-state index is 0.210. The number of amides is 1. The maximum absolute atomic E-state index is 11.2. The first kappa shape index (κ1) is 10.5. The van der Waals surface area contributed by atoms with Crippen molar-refractivity contribution in [2.45, 2.75) is 12.8 Å². The van der Waals surface area contributed by atoms with Gasteiger partial charge in [0.25, 0.3) is 0 Å². The van der Waals surface area contributed by atoms with Gasteiger partial charge < -0.3 is 4.74 Å². The molecular formula is C10H14N2O2. The Bertz CT molecular complexity index is 326. The Labute approximate surface area is 83.0 Å². The quantitative estimate of drug-likeness (QED) is 0.425. The Balaban J connectivity index is 2.89. The second-order valence-electron chi connectivity index (χ2n) is 3.01. The normalized spacial score (nSPS) is 11.9. The Morgan fingerprint density at radius 2 is 2.29 bits per heavy atom. The summed E-state index contributed by atoms with van der Waals surface area (Å²) in [6, 6.07) is 7.35. The van der Waals surface area contributed by atoms with Gasteiger partial charge in [0.15, 0.2) is 0 Å². The zero-order valence-corrected chi connectivity index (χ0v) is 8.28. The van der Waals surface area contributed by atoms with Gasteiger partial charge in [-0.15, -0.1) is 0 Å². The van der Waals surface area contributed by atoms with Crippen molar-refractivity contribution < 1.29 is 9.53 Å². The number of ether oxygens (including phenoxy) is 1. The highest BCUT2D eigenvalue weighted by molar-refractivity contribution is 5.82. The summed E-state index contributed by atoms with van der Waals surface area (Å²) in [5.74, 6) is 5.31. The molecule has 0 unspecified atom stereocenters. The van der Waals surface area contributed by atoms with Crippen LogP contribution in [0.5, 0.6) is 5.75 Å². The molecule has 1 atom stereocenters. The van der Waals surface area contributed by atoms with Gasteiger partial charge in [-0.05, 0) is 24.6 Å². The first-order valence-corrected chi connectivity index (χ1v) is 4.33. The van der Waals surface area contributed by atoms with Crippen molar-refractivity contribution >= 4 is 5.91 Å². The molecular weight excluding hydrogens is 180 g/mol. The minimum atomic E-state index is -0.268. The summed E-state index contributed by atoms with van der Waals surface area (Å²) < 4.78 is 5.06. The van der Waals surface area contributed by atoms with Gasteiger partial charge in [0.2, 0.25) is 5.91 Å². The van der Waals surface area contributed by atoms with Gasteiger partial charge in [0.1, 0.15) is 5.75 Å². The van der Waals surface area contributed by atoms with E-state index >= 15 is 0 Å². The average Bonchev–Trinajstić information content (AvgIpc) is 2.27. The van der Waals surface area contributed by atoms with Crippen LogP contribution in [0.1, 0.15) is 18.4 Å². The lowest BCUT2D eigenvalue weighted by molar-refractivity contribution is -0.122. The Morgan fingerprint density at radius 3 is 2.86 bits per heavy atom. The van der Waals surface area contributed by atoms with E-state index in [1.54, 1.807) is 14.0 Å². The molecule has 0 spiro atoms. The number of benzene rings is 1. The van der Waals surface area contributed by atoms with E-state index in [2.05, 4.69) is 5.43 Å². The van der Waals surface area contributed by atoms with E-state index in [0.29, 0.717) is 0 Å². The van der Waals surface area contributed by atoms with Gasteiger partial charge in [0.05, 0.1) is 13.0 Å². The lowest BCUT2D eigenvalue weighted by Gasteiger charge is -2.10. The van der Waals surface area contributed by atoms with Crippen molar-refractivity contribution in [2.75, 3.05) is 7.11 Å². The van der Waals surface area contributed by atoms with Crippen molar-refractivity contribution in [3.05, 3.63) is 29.8 Å². The second-order valence-corrected chi connectivity index (χ2v) is 3.01. The maximum atomic E-state index is 11.2. The number of hydrazine groups is 1. The van der Waals surface area contributed by atoms with E-state index in [1.807, 2.05) is 24.3 Å². The number of hydrogen-bond acceptors (Lipinski definition) is 3. The molecule has 0 aliphatic carbocycles. The summed E-state index contributed by atoms with van der Waals surface area (Å²) in [6.45, 7) is 1.79. The molecule has 0 heterocycles. The number of rotatable bonds is 3. The summed E-state index contributed by atoms with van der Waals surface area (Å²) in [5, 5.41) is 0. The molecule has 0 saturated heterocycles. The summed E-state index contributed by atoms with van der Waals surface area (Å²) >= 11 is 0. The van der Waals surface area contributed by atoms with Gasteiger partial charge in [-0.1, -0.05) is 12.1 Å². The Hall–Kier alpha value is -1.55. The molecule has 3 N–H and O–H groups in total. The molecule has 76 valence electrons. The number of hydrogen-bond donors (Lipinski definition) is 2. The smallest absolute Gasteiger partial charge is 0.241 e. The summed E-state index contributed by atoms with van der Waals surface area (Å²) in [6.07, 6.45) is 0. The van der Waals surface area contributed by atoms with Crippen molar-refractivity contribution in [2.24, 2.45) is 5.84 Å². The molecule has 0 aliphatic heterocycles. The predicted octanol–water partition coefficient (Wildman–Crippen LogP) is 0.789. The van der Waals surface area contributed by atoms with E-state index < -0.39 is 0 Å². The van der Waals surface area contributed by atoms with Crippen molar-refractivity contribution in [3.63, 3.8) is 0 Å². The van der Waals surface area contributed by atoms with Gasteiger partial charge in [0, 0.05) is 0 Å². The third kappa shape index (κ3) is 2.23. The zero-order chi connectivity index (χ0) is 10.6. The van der Waals surface area contributed by atoms with Gasteiger partial charge in [-0.25, -0.2) is 5.84 Å². The molecule has 0 radical (unpaired) electrons. The van der Waals surface area contributed by atoms with Crippen molar-refractivity contribution in [1.82, 2.24) is 5.43 Å². The van der Waals surface area contributed by atoms with E-state index in [0.717, 1.165) is 11.3 Å². The molecule has 14 heavy (non-hydrogen) atoms. The lowest BCUT2D eigenvalue weighted by atomic mass is 10.0. The van der Waals surface area contributed by atoms with Crippen LogP contribution in [0.25, 0.3) is 0 Å². The molecule has 1 rings (SSSR count). The number of nitrogens with two attached hydrogens (primary N) is 1. The van der Waals surface area contributed by atoms with Gasteiger partial charge in [-0.3, -0.25) is 10.2 Å². The standard InChI is InChI=1S/C10H14N2O2/c1-7(10(13)12-11)8-4-3-5-9(6-8)14-2/h3-7H,11H2,1-2H3,(H,12,13)/t7-/m1/s1. The highest BCUT2D eigenvalue weighted by Gasteiger charge is 2.13. The van der Waals surface area contributed by atoms with Crippen LogP contribution < -0.4 is 16.0 Å². The van der Waals surface area contributed by atoms with Crippen LogP contribution in [0, 0.1) is 0 Å². The van der Waals surface area contributed by atoms with Crippen LogP contribution in [0.3, 0.4) is 0 Å². The zero-order valence-electron chi connectivity index (χ0n) is 8.28. The number of nitrogens with one attached hydrogen (secondary N) is 1. The Morgan fingerprint density at radius 1 is 1.57 bits per heavy atom. The highest BCUT2D eigenvalue weighted by atomic mass is 16.5. The highest BCUT2D eigenvalue weighted by Crippen LogP contribution is 2.20. The average molecular weight is 194 g/mol. The van der Waals surface area contributed by atoms with Gasteiger partial charge >= 0.3 is 0 Å². The van der Waals surface area contributed by atoms with Crippen LogP contribution in [-0.4, -0.2) is 13.0 Å². The van der Waals surface area contributed by atoms with E-state index in [9.17, 15) is 4.79 Å². The molecule has 1 aromatic carbocycles. The minimum Gasteiger partial charge on any atom is -0.497 e. The molecule has 0 bridgehead atoms. The molecule has 1 aromatic rings. The fraction of sp³-hybridized carbons (Fsp3) is 0.300. The molecule has 4 heteroatoms. The predicted molar refractivity (Wildman–Crippen MR) is 53.7 cm³/mol. The van der Waals surface area contributed by atoms with E-state index in [1.165, 1.54) is 0 Å². The molecule has 0 fully saturated rings. The number of carbonyl (C=O) groups is 1. The molecule has 0 aliphatic rings. The lowest BCUT2D eigenvalue weighted by Crippen LogP contribution is -2.33. The fourth-order valence-electron chi connectivity index (χ4n) is 1.19. The first-order chi connectivity index (χ1) is 6.69. The largest absolute Gasteiger partial charge is 0.497 e. The Kier molecular flexibility index (Phi) is 3.48. The molecule has 0 aromatic heterocycles. The third-order valence-electron chi connectivity index (χ3n) is 2.13. The topological polar surface area (TPSA) is 64.3 Å². The number of methoxy groups -OCH3 is 1. The molecule has 0 saturated carbocycles. The monoisotopic (exact) mass is 194 g/mol. The molecule has 4 nitrogen and oxygen atoms in total. The van der Waals surface area contributed by atoms with E-state index in [-0.39, 0.29) is 11.8 Å². The molecule has 1 amide bonds. The van der Waals surface area contributed by atoms with E-state index in [4.69, 9.17) is 10.6 Å². The second kappa shape index (κ2) is 4.62. The summed E-state index contributed by atoms with van der Waals surface area (Å²) in [7, 11) is 1.59. The van der Waals surface area contributed by atoms with Crippen molar-refractivity contribution in [1.29, 1.82) is 0 Å². The van der Waals surface area contributed by atoms with Crippen LogP contribution in [0.15, 0.2) is 24.3 Å².